The Kier molecular flexibility index (Phi) is 2.11. The first-order valence-corrected chi connectivity index (χ1v) is 4.35. The van der Waals surface area contributed by atoms with Gasteiger partial charge in [0, 0.05) is 19.6 Å². The van der Waals surface area contributed by atoms with Gasteiger partial charge in [-0.25, -0.2) is 0 Å². The molecular formula is C8H16N2O. The summed E-state index contributed by atoms with van der Waals surface area (Å²) >= 11 is 0. The molecule has 1 N–H and O–H groups in total. The lowest BCUT2D eigenvalue weighted by molar-refractivity contribution is -0.0615. The van der Waals surface area contributed by atoms with Gasteiger partial charge in [-0.15, -0.1) is 0 Å². The van der Waals surface area contributed by atoms with Crippen LogP contribution in [0.3, 0.4) is 0 Å². The SMILES string of the molecule is CN(CC1CNC1)C1COC1. The van der Waals surface area contributed by atoms with Crippen LogP contribution in [0.15, 0.2) is 0 Å². The second kappa shape index (κ2) is 3.09. The van der Waals surface area contributed by atoms with E-state index in [2.05, 4.69) is 17.3 Å². The van der Waals surface area contributed by atoms with E-state index in [1.807, 2.05) is 0 Å². The summed E-state index contributed by atoms with van der Waals surface area (Å²) in [6, 6.07) is 0.704. The fourth-order valence-corrected chi connectivity index (χ4v) is 1.51. The quantitative estimate of drug-likeness (QED) is 0.598. The van der Waals surface area contributed by atoms with Crippen molar-refractivity contribution in [1.82, 2.24) is 10.2 Å². The topological polar surface area (TPSA) is 24.5 Å². The van der Waals surface area contributed by atoms with E-state index in [1.54, 1.807) is 0 Å². The lowest BCUT2D eigenvalue weighted by Crippen LogP contribution is -2.53. The predicted octanol–water partition coefficient (Wildman–Crippen LogP) is -0.464. The van der Waals surface area contributed by atoms with Crippen LogP contribution in [0, 0.1) is 5.92 Å². The molecule has 0 aromatic carbocycles. The second-order valence-corrected chi connectivity index (χ2v) is 3.66. The van der Waals surface area contributed by atoms with Gasteiger partial charge in [-0.05, 0) is 13.0 Å². The molecular weight excluding hydrogens is 140 g/mol. The maximum atomic E-state index is 5.13. The molecule has 11 heavy (non-hydrogen) atoms. The van der Waals surface area contributed by atoms with Crippen molar-refractivity contribution in [3.05, 3.63) is 0 Å². The summed E-state index contributed by atoms with van der Waals surface area (Å²) in [5.41, 5.74) is 0. The predicted molar refractivity (Wildman–Crippen MR) is 43.6 cm³/mol. The smallest absolute Gasteiger partial charge is 0.0645 e. The Morgan fingerprint density at radius 2 is 2.18 bits per heavy atom. The third-order valence-electron chi connectivity index (χ3n) is 2.66. The summed E-state index contributed by atoms with van der Waals surface area (Å²) < 4.78 is 5.13. The van der Waals surface area contributed by atoms with Crippen molar-refractivity contribution < 1.29 is 4.74 Å². The Bertz CT molecular complexity index is 132. The first-order valence-electron chi connectivity index (χ1n) is 4.35. The van der Waals surface area contributed by atoms with Crippen molar-refractivity contribution >= 4 is 0 Å². The normalized spacial score (nSPS) is 26.7. The zero-order valence-corrected chi connectivity index (χ0v) is 7.05. The van der Waals surface area contributed by atoms with E-state index in [1.165, 1.54) is 19.6 Å². The standard InChI is InChI=1S/C8H16N2O/c1-10(8-5-11-6-8)4-7-2-9-3-7/h7-9H,2-6H2,1H3. The molecule has 0 bridgehead atoms. The summed E-state index contributed by atoms with van der Waals surface area (Å²) in [6.07, 6.45) is 0. The van der Waals surface area contributed by atoms with Gasteiger partial charge < -0.3 is 10.1 Å². The van der Waals surface area contributed by atoms with Crippen molar-refractivity contribution in [2.24, 2.45) is 5.92 Å². The van der Waals surface area contributed by atoms with E-state index in [0.29, 0.717) is 6.04 Å². The molecule has 3 heteroatoms. The number of hydrogen-bond acceptors (Lipinski definition) is 3. The number of likely N-dealkylation sites (N-methyl/N-ethyl adjacent to an activating group) is 1. The number of hydrogen-bond donors (Lipinski definition) is 1. The van der Waals surface area contributed by atoms with Crippen molar-refractivity contribution in [2.75, 3.05) is 39.9 Å². The van der Waals surface area contributed by atoms with Gasteiger partial charge >= 0.3 is 0 Å². The van der Waals surface area contributed by atoms with Crippen LogP contribution >= 0.6 is 0 Å². The van der Waals surface area contributed by atoms with E-state index < -0.39 is 0 Å². The molecule has 0 unspecified atom stereocenters. The summed E-state index contributed by atoms with van der Waals surface area (Å²) in [5.74, 6) is 0.889. The molecule has 0 amide bonds. The van der Waals surface area contributed by atoms with Gasteiger partial charge in [0.2, 0.25) is 0 Å². The number of nitrogens with zero attached hydrogens (tertiary/aromatic N) is 1. The maximum absolute atomic E-state index is 5.13. The first-order chi connectivity index (χ1) is 5.36. The van der Waals surface area contributed by atoms with Gasteiger partial charge in [-0.2, -0.15) is 0 Å². The number of rotatable bonds is 3. The Labute approximate surface area is 67.7 Å². The highest BCUT2D eigenvalue weighted by molar-refractivity contribution is 4.82. The maximum Gasteiger partial charge on any atom is 0.0645 e. The molecule has 64 valence electrons. The van der Waals surface area contributed by atoms with Crippen LogP contribution in [0.4, 0.5) is 0 Å². The van der Waals surface area contributed by atoms with Crippen LogP contribution in [0.1, 0.15) is 0 Å². The van der Waals surface area contributed by atoms with Crippen LogP contribution in [-0.4, -0.2) is 50.8 Å². The Balaban J connectivity index is 1.67. The Morgan fingerprint density at radius 3 is 2.55 bits per heavy atom. The zero-order chi connectivity index (χ0) is 7.68. The fourth-order valence-electron chi connectivity index (χ4n) is 1.51. The van der Waals surface area contributed by atoms with E-state index in [-0.39, 0.29) is 0 Å². The van der Waals surface area contributed by atoms with Crippen LogP contribution in [0.5, 0.6) is 0 Å². The Hall–Kier alpha value is -0.120. The molecule has 2 rings (SSSR count). The highest BCUT2D eigenvalue weighted by Gasteiger charge is 2.26. The van der Waals surface area contributed by atoms with Crippen LogP contribution in [-0.2, 0) is 4.74 Å². The van der Waals surface area contributed by atoms with Gasteiger partial charge in [0.1, 0.15) is 0 Å². The van der Waals surface area contributed by atoms with Gasteiger partial charge in [0.15, 0.2) is 0 Å². The first kappa shape index (κ1) is 7.53. The van der Waals surface area contributed by atoms with E-state index >= 15 is 0 Å². The second-order valence-electron chi connectivity index (χ2n) is 3.66. The largest absolute Gasteiger partial charge is 0.378 e. The molecule has 0 spiro atoms. The minimum atomic E-state index is 0.704. The summed E-state index contributed by atoms with van der Waals surface area (Å²) in [4.78, 5) is 2.43. The van der Waals surface area contributed by atoms with Crippen molar-refractivity contribution in [2.45, 2.75) is 6.04 Å². The molecule has 2 aliphatic heterocycles. The summed E-state index contributed by atoms with van der Waals surface area (Å²) in [6.45, 7) is 5.53. The number of ether oxygens (including phenoxy) is 1. The molecule has 0 aliphatic carbocycles. The molecule has 3 nitrogen and oxygen atoms in total. The molecule has 2 saturated heterocycles. The highest BCUT2D eigenvalue weighted by atomic mass is 16.5. The minimum absolute atomic E-state index is 0.704. The molecule has 0 atom stereocenters. The number of nitrogens with one attached hydrogen (secondary N) is 1. The lowest BCUT2D eigenvalue weighted by atomic mass is 10.0. The van der Waals surface area contributed by atoms with Crippen LogP contribution < -0.4 is 5.32 Å². The van der Waals surface area contributed by atoms with Gasteiger partial charge in [0.05, 0.1) is 19.3 Å². The van der Waals surface area contributed by atoms with Crippen molar-refractivity contribution in [3.8, 4) is 0 Å². The fraction of sp³-hybridized carbons (Fsp3) is 1.00. The molecule has 0 aromatic rings. The third kappa shape index (κ3) is 1.55. The average molecular weight is 156 g/mol. The summed E-state index contributed by atoms with van der Waals surface area (Å²) in [5, 5.41) is 3.28. The Morgan fingerprint density at radius 1 is 1.45 bits per heavy atom. The van der Waals surface area contributed by atoms with E-state index in [9.17, 15) is 0 Å². The van der Waals surface area contributed by atoms with Crippen LogP contribution in [0.2, 0.25) is 0 Å². The van der Waals surface area contributed by atoms with Gasteiger partial charge in [0.25, 0.3) is 0 Å². The molecule has 0 aromatic heterocycles. The average Bonchev–Trinajstić information content (AvgIpc) is 1.74. The van der Waals surface area contributed by atoms with Crippen molar-refractivity contribution in [3.63, 3.8) is 0 Å². The van der Waals surface area contributed by atoms with Crippen LogP contribution in [0.25, 0.3) is 0 Å². The lowest BCUT2D eigenvalue weighted by Gasteiger charge is -2.39. The minimum Gasteiger partial charge on any atom is -0.378 e. The monoisotopic (exact) mass is 156 g/mol. The molecule has 2 aliphatic rings. The summed E-state index contributed by atoms with van der Waals surface area (Å²) in [7, 11) is 2.20. The van der Waals surface area contributed by atoms with E-state index in [0.717, 1.165) is 19.1 Å². The zero-order valence-electron chi connectivity index (χ0n) is 7.05. The molecule has 0 radical (unpaired) electrons. The molecule has 2 heterocycles. The molecule has 0 saturated carbocycles. The van der Waals surface area contributed by atoms with Crippen molar-refractivity contribution in [1.29, 1.82) is 0 Å². The van der Waals surface area contributed by atoms with Gasteiger partial charge in [-0.3, -0.25) is 4.90 Å². The van der Waals surface area contributed by atoms with E-state index in [4.69, 9.17) is 4.74 Å². The molecule has 2 fully saturated rings. The van der Waals surface area contributed by atoms with Gasteiger partial charge in [-0.1, -0.05) is 0 Å². The highest BCUT2D eigenvalue weighted by Crippen LogP contribution is 2.12. The third-order valence-corrected chi connectivity index (χ3v) is 2.66.